The zero-order chi connectivity index (χ0) is 24.4. The summed E-state index contributed by atoms with van der Waals surface area (Å²) in [4.78, 5) is 12.6. The Morgan fingerprint density at radius 3 is 2.03 bits per heavy atom. The first-order valence-corrected chi connectivity index (χ1v) is 13.5. The van der Waals surface area contributed by atoms with Crippen LogP contribution in [-0.2, 0) is 24.8 Å². The van der Waals surface area contributed by atoms with Gasteiger partial charge in [0.05, 0.1) is 9.79 Å². The van der Waals surface area contributed by atoms with Crippen molar-refractivity contribution in [1.82, 2.24) is 9.62 Å². The number of piperidine rings is 1. The number of benzene rings is 2. The minimum atomic E-state index is -3.91. The number of primary sulfonamides is 1. The molecular formula is C21H26ClN3O6S2. The summed E-state index contributed by atoms with van der Waals surface area (Å²) < 4.78 is 55.6. The van der Waals surface area contributed by atoms with Crippen LogP contribution in [0.3, 0.4) is 0 Å². The Morgan fingerprint density at radius 1 is 1.00 bits per heavy atom. The van der Waals surface area contributed by atoms with Gasteiger partial charge in [0.15, 0.2) is 5.60 Å². The fourth-order valence-electron chi connectivity index (χ4n) is 3.39. The maximum atomic E-state index is 12.9. The zero-order valence-electron chi connectivity index (χ0n) is 18.2. The molecule has 0 spiro atoms. The summed E-state index contributed by atoms with van der Waals surface area (Å²) in [7, 11) is -7.71. The lowest BCUT2D eigenvalue weighted by Gasteiger charge is -2.34. The molecule has 1 fully saturated rings. The van der Waals surface area contributed by atoms with Gasteiger partial charge in [0, 0.05) is 24.2 Å². The third kappa shape index (κ3) is 6.24. The lowest BCUT2D eigenvalue weighted by Crippen LogP contribution is -2.53. The van der Waals surface area contributed by atoms with Crippen LogP contribution >= 0.6 is 11.6 Å². The van der Waals surface area contributed by atoms with E-state index in [0.29, 0.717) is 23.6 Å². The van der Waals surface area contributed by atoms with E-state index in [1.54, 1.807) is 38.1 Å². The molecule has 3 rings (SSSR count). The molecule has 2 aromatic rings. The number of hydrogen-bond donors (Lipinski definition) is 2. The van der Waals surface area contributed by atoms with Gasteiger partial charge in [0.1, 0.15) is 5.75 Å². The standard InChI is InChI=1S/C21H26ClN3O6S2/c1-21(2,31-17-5-3-15(22)4-6-17)20(26)24-16-11-13-25(14-12-16)33(29,30)19-9-7-18(8-10-19)32(23,27)28/h3-10,16H,11-14H2,1-2H3,(H,24,26)(H2,23,27,28). The number of nitrogens with one attached hydrogen (secondary N) is 1. The van der Waals surface area contributed by atoms with Gasteiger partial charge in [0.2, 0.25) is 20.0 Å². The fourth-order valence-corrected chi connectivity index (χ4v) is 5.50. The van der Waals surface area contributed by atoms with Crippen LogP contribution in [0.15, 0.2) is 58.3 Å². The van der Waals surface area contributed by atoms with E-state index in [9.17, 15) is 21.6 Å². The summed E-state index contributed by atoms with van der Waals surface area (Å²) in [5.74, 6) is 0.200. The van der Waals surface area contributed by atoms with E-state index in [1.807, 2.05) is 0 Å². The van der Waals surface area contributed by atoms with Gasteiger partial charge >= 0.3 is 0 Å². The summed E-state index contributed by atoms with van der Waals surface area (Å²) in [5, 5.41) is 8.55. The molecule has 12 heteroatoms. The van der Waals surface area contributed by atoms with Crippen LogP contribution in [0.4, 0.5) is 0 Å². The van der Waals surface area contributed by atoms with Gasteiger partial charge in [-0.15, -0.1) is 0 Å². The van der Waals surface area contributed by atoms with Crippen LogP contribution in [0.25, 0.3) is 0 Å². The smallest absolute Gasteiger partial charge is 0.263 e. The number of halogens is 1. The van der Waals surface area contributed by atoms with E-state index >= 15 is 0 Å². The SMILES string of the molecule is CC(C)(Oc1ccc(Cl)cc1)C(=O)NC1CCN(S(=O)(=O)c2ccc(S(N)(=O)=O)cc2)CC1. The van der Waals surface area contributed by atoms with Crippen molar-refractivity contribution in [2.24, 2.45) is 5.14 Å². The second-order valence-electron chi connectivity index (χ2n) is 8.23. The maximum Gasteiger partial charge on any atom is 0.263 e. The normalized spacial score (nSPS) is 16.4. The lowest BCUT2D eigenvalue weighted by atomic mass is 10.0. The van der Waals surface area contributed by atoms with Gasteiger partial charge in [-0.2, -0.15) is 4.31 Å². The summed E-state index contributed by atoms with van der Waals surface area (Å²) in [5.41, 5.74) is -1.14. The third-order valence-electron chi connectivity index (χ3n) is 5.31. The fraction of sp³-hybridized carbons (Fsp3) is 0.381. The van der Waals surface area contributed by atoms with E-state index in [4.69, 9.17) is 21.5 Å². The molecule has 0 aliphatic carbocycles. The summed E-state index contributed by atoms with van der Waals surface area (Å²) in [6.45, 7) is 3.73. The number of rotatable bonds is 7. The van der Waals surface area contributed by atoms with Crippen molar-refractivity contribution in [3.63, 3.8) is 0 Å². The third-order valence-corrected chi connectivity index (χ3v) is 8.41. The highest BCUT2D eigenvalue weighted by Gasteiger charge is 2.34. The molecule has 1 amide bonds. The molecule has 1 saturated heterocycles. The van der Waals surface area contributed by atoms with Crippen LogP contribution in [0.1, 0.15) is 26.7 Å². The number of carbonyl (C=O) groups is 1. The van der Waals surface area contributed by atoms with Gasteiger partial charge < -0.3 is 10.1 Å². The van der Waals surface area contributed by atoms with E-state index < -0.39 is 25.6 Å². The Bertz CT molecular complexity index is 1210. The molecule has 0 radical (unpaired) electrons. The Labute approximate surface area is 199 Å². The van der Waals surface area contributed by atoms with Gasteiger partial charge in [0.25, 0.3) is 5.91 Å². The second-order valence-corrected chi connectivity index (χ2v) is 12.2. The molecule has 0 bridgehead atoms. The average Bonchev–Trinajstić information content (AvgIpc) is 2.75. The monoisotopic (exact) mass is 515 g/mol. The number of sulfonamides is 2. The van der Waals surface area contributed by atoms with Crippen molar-refractivity contribution < 1.29 is 26.4 Å². The Hall–Kier alpha value is -2.18. The molecule has 180 valence electrons. The van der Waals surface area contributed by atoms with Crippen LogP contribution in [0.5, 0.6) is 5.75 Å². The summed E-state index contributed by atoms with van der Waals surface area (Å²) >= 11 is 5.87. The van der Waals surface area contributed by atoms with Crippen molar-refractivity contribution in [3.8, 4) is 5.75 Å². The molecule has 0 saturated carbocycles. The molecule has 1 heterocycles. The first-order chi connectivity index (χ1) is 15.3. The molecule has 33 heavy (non-hydrogen) atoms. The number of ether oxygens (including phenoxy) is 1. The van der Waals surface area contributed by atoms with Crippen molar-refractivity contribution in [3.05, 3.63) is 53.6 Å². The van der Waals surface area contributed by atoms with E-state index in [2.05, 4.69) is 5.32 Å². The van der Waals surface area contributed by atoms with E-state index in [0.717, 1.165) is 12.1 Å². The highest BCUT2D eigenvalue weighted by molar-refractivity contribution is 7.89. The number of hydrogen-bond acceptors (Lipinski definition) is 6. The molecule has 2 aromatic carbocycles. The number of carbonyl (C=O) groups excluding carboxylic acids is 1. The van der Waals surface area contributed by atoms with Crippen LogP contribution in [0.2, 0.25) is 5.02 Å². The number of nitrogens with two attached hydrogens (primary N) is 1. The summed E-state index contributed by atoms with van der Waals surface area (Å²) in [6.07, 6.45) is 0.856. The second kappa shape index (κ2) is 9.59. The van der Waals surface area contributed by atoms with Crippen LogP contribution in [0, 0.1) is 0 Å². The van der Waals surface area contributed by atoms with Crippen molar-refractivity contribution >= 4 is 37.6 Å². The lowest BCUT2D eigenvalue weighted by molar-refractivity contribution is -0.135. The molecule has 1 aliphatic rings. The molecule has 0 aromatic heterocycles. The Balaban J connectivity index is 1.58. The van der Waals surface area contributed by atoms with Gasteiger partial charge in [-0.25, -0.2) is 22.0 Å². The average molecular weight is 516 g/mol. The minimum absolute atomic E-state index is 0.0186. The molecule has 0 unspecified atom stereocenters. The zero-order valence-corrected chi connectivity index (χ0v) is 20.6. The molecular weight excluding hydrogens is 490 g/mol. The number of amides is 1. The predicted octanol–water partition coefficient (Wildman–Crippen LogP) is 2.11. The molecule has 1 aliphatic heterocycles. The molecule has 9 nitrogen and oxygen atoms in total. The largest absolute Gasteiger partial charge is 0.478 e. The number of nitrogens with zero attached hydrogens (tertiary/aromatic N) is 1. The minimum Gasteiger partial charge on any atom is -0.478 e. The predicted molar refractivity (Wildman–Crippen MR) is 124 cm³/mol. The van der Waals surface area contributed by atoms with Crippen LogP contribution in [-0.4, -0.2) is 51.8 Å². The van der Waals surface area contributed by atoms with Crippen molar-refractivity contribution in [2.75, 3.05) is 13.1 Å². The van der Waals surface area contributed by atoms with Gasteiger partial charge in [-0.05, 0) is 75.2 Å². The van der Waals surface area contributed by atoms with Gasteiger partial charge in [-0.1, -0.05) is 11.6 Å². The molecule has 0 atom stereocenters. The first-order valence-electron chi connectivity index (χ1n) is 10.2. The Kier molecular flexibility index (Phi) is 7.39. The highest BCUT2D eigenvalue weighted by Crippen LogP contribution is 2.24. The highest BCUT2D eigenvalue weighted by atomic mass is 35.5. The van der Waals surface area contributed by atoms with E-state index in [1.165, 1.54) is 16.4 Å². The van der Waals surface area contributed by atoms with Gasteiger partial charge in [-0.3, -0.25) is 4.79 Å². The van der Waals surface area contributed by atoms with Crippen molar-refractivity contribution in [1.29, 1.82) is 0 Å². The summed E-state index contributed by atoms with van der Waals surface area (Å²) in [6, 6.07) is 11.3. The Morgan fingerprint density at radius 2 is 1.52 bits per heavy atom. The van der Waals surface area contributed by atoms with E-state index in [-0.39, 0.29) is 34.8 Å². The topological polar surface area (TPSA) is 136 Å². The van der Waals surface area contributed by atoms with Crippen molar-refractivity contribution in [2.45, 2.75) is 48.1 Å². The molecule has 3 N–H and O–H groups in total. The maximum absolute atomic E-state index is 12.9. The first kappa shape index (κ1) is 25.4. The quantitative estimate of drug-likeness (QED) is 0.579. The van der Waals surface area contributed by atoms with Crippen LogP contribution < -0.4 is 15.2 Å².